The molecule has 5 heteroatoms. The van der Waals surface area contributed by atoms with E-state index < -0.39 is 0 Å². The van der Waals surface area contributed by atoms with Crippen molar-refractivity contribution >= 4 is 27.4 Å². The van der Waals surface area contributed by atoms with Gasteiger partial charge >= 0.3 is 0 Å². The molecule has 0 fully saturated rings. The van der Waals surface area contributed by atoms with Crippen LogP contribution in [0.5, 0.6) is 0 Å². The van der Waals surface area contributed by atoms with Gasteiger partial charge in [0.2, 0.25) is 0 Å². The number of rotatable bonds is 4. The number of hydrogen-bond acceptors (Lipinski definition) is 5. The van der Waals surface area contributed by atoms with E-state index in [1.807, 2.05) is 31.2 Å². The lowest BCUT2D eigenvalue weighted by Gasteiger charge is -2.05. The molecular weight excluding hydrogens is 268 g/mol. The molecule has 0 saturated carbocycles. The van der Waals surface area contributed by atoms with Crippen LogP contribution in [-0.2, 0) is 6.42 Å². The van der Waals surface area contributed by atoms with Gasteiger partial charge in [-0.1, -0.05) is 12.1 Å². The Morgan fingerprint density at radius 1 is 1.15 bits per heavy atom. The van der Waals surface area contributed by atoms with Crippen LogP contribution in [0.4, 0.5) is 5.82 Å². The molecule has 1 aromatic carbocycles. The first-order valence-electron chi connectivity index (χ1n) is 6.67. The number of fused-ring (bicyclic) bond motifs is 1. The predicted molar refractivity (Wildman–Crippen MR) is 83.4 cm³/mol. The molecule has 0 bridgehead atoms. The van der Waals surface area contributed by atoms with Gasteiger partial charge in [-0.3, -0.25) is 0 Å². The van der Waals surface area contributed by atoms with Crippen LogP contribution in [0.3, 0.4) is 0 Å². The first-order chi connectivity index (χ1) is 9.74. The fraction of sp³-hybridized carbons (Fsp3) is 0.267. The molecule has 2 aromatic heterocycles. The SMILES string of the molecule is CCNc1cc(Cc2nc3ccccc3s2)nc(C)n1. The summed E-state index contributed by atoms with van der Waals surface area (Å²) >= 11 is 1.73. The zero-order valence-electron chi connectivity index (χ0n) is 11.6. The van der Waals surface area contributed by atoms with Crippen LogP contribution in [0.25, 0.3) is 10.2 Å². The van der Waals surface area contributed by atoms with Crippen LogP contribution in [0.2, 0.25) is 0 Å². The van der Waals surface area contributed by atoms with Crippen LogP contribution >= 0.6 is 11.3 Å². The van der Waals surface area contributed by atoms with Crippen molar-refractivity contribution in [2.45, 2.75) is 20.3 Å². The van der Waals surface area contributed by atoms with Gasteiger partial charge in [0.15, 0.2) is 0 Å². The third-order valence-corrected chi connectivity index (χ3v) is 3.96. The van der Waals surface area contributed by atoms with E-state index in [1.54, 1.807) is 11.3 Å². The fourth-order valence-electron chi connectivity index (χ4n) is 2.14. The first kappa shape index (κ1) is 13.0. The number of thiazole rings is 1. The summed E-state index contributed by atoms with van der Waals surface area (Å²) in [7, 11) is 0. The summed E-state index contributed by atoms with van der Waals surface area (Å²) in [4.78, 5) is 13.5. The largest absolute Gasteiger partial charge is 0.370 e. The molecule has 0 amide bonds. The number of nitrogens with zero attached hydrogens (tertiary/aromatic N) is 3. The smallest absolute Gasteiger partial charge is 0.129 e. The van der Waals surface area contributed by atoms with Gasteiger partial charge < -0.3 is 5.32 Å². The Morgan fingerprint density at radius 3 is 2.80 bits per heavy atom. The lowest BCUT2D eigenvalue weighted by atomic mass is 10.3. The van der Waals surface area contributed by atoms with Crippen molar-refractivity contribution in [3.05, 3.63) is 46.9 Å². The summed E-state index contributed by atoms with van der Waals surface area (Å²) in [5, 5.41) is 4.32. The molecule has 0 aliphatic heterocycles. The fourth-order valence-corrected chi connectivity index (χ4v) is 3.12. The van der Waals surface area contributed by atoms with Gasteiger partial charge in [0, 0.05) is 19.0 Å². The van der Waals surface area contributed by atoms with Gasteiger partial charge in [0.25, 0.3) is 0 Å². The van der Waals surface area contributed by atoms with Gasteiger partial charge in [0.1, 0.15) is 11.6 Å². The average Bonchev–Trinajstić information content (AvgIpc) is 2.80. The number of aromatic nitrogens is 3. The highest BCUT2D eigenvalue weighted by Gasteiger charge is 2.07. The molecule has 0 aliphatic carbocycles. The summed E-state index contributed by atoms with van der Waals surface area (Å²) in [5.74, 6) is 1.68. The van der Waals surface area contributed by atoms with E-state index in [-0.39, 0.29) is 0 Å². The molecule has 4 nitrogen and oxygen atoms in total. The van der Waals surface area contributed by atoms with Crippen molar-refractivity contribution in [3.8, 4) is 0 Å². The van der Waals surface area contributed by atoms with Crippen LogP contribution in [-0.4, -0.2) is 21.5 Å². The van der Waals surface area contributed by atoms with Crippen LogP contribution < -0.4 is 5.32 Å². The van der Waals surface area contributed by atoms with Crippen molar-refractivity contribution in [3.63, 3.8) is 0 Å². The van der Waals surface area contributed by atoms with Crippen molar-refractivity contribution in [2.24, 2.45) is 0 Å². The van der Waals surface area contributed by atoms with E-state index in [0.717, 1.165) is 40.8 Å². The third kappa shape index (κ3) is 2.77. The van der Waals surface area contributed by atoms with Gasteiger partial charge in [-0.25, -0.2) is 15.0 Å². The maximum absolute atomic E-state index is 4.65. The molecule has 1 N–H and O–H groups in total. The molecule has 0 atom stereocenters. The van der Waals surface area contributed by atoms with Crippen LogP contribution in [0.15, 0.2) is 30.3 Å². The molecule has 0 spiro atoms. The number of para-hydroxylation sites is 1. The monoisotopic (exact) mass is 284 g/mol. The zero-order chi connectivity index (χ0) is 13.9. The molecule has 0 saturated heterocycles. The molecule has 3 rings (SSSR count). The summed E-state index contributed by atoms with van der Waals surface area (Å²) in [6.07, 6.45) is 0.751. The van der Waals surface area contributed by atoms with E-state index in [2.05, 4.69) is 33.3 Å². The summed E-state index contributed by atoms with van der Waals surface area (Å²) in [5.41, 5.74) is 2.07. The van der Waals surface area contributed by atoms with Crippen molar-refractivity contribution in [1.82, 2.24) is 15.0 Å². The normalized spacial score (nSPS) is 10.9. The quantitative estimate of drug-likeness (QED) is 0.797. The topological polar surface area (TPSA) is 50.7 Å². The van der Waals surface area contributed by atoms with Crippen molar-refractivity contribution < 1.29 is 0 Å². The maximum atomic E-state index is 4.65. The highest BCUT2D eigenvalue weighted by molar-refractivity contribution is 7.18. The first-order valence-corrected chi connectivity index (χ1v) is 7.49. The second-order valence-corrected chi connectivity index (χ2v) is 5.69. The van der Waals surface area contributed by atoms with E-state index in [0.29, 0.717) is 0 Å². The standard InChI is InChI=1S/C15H16N4S/c1-3-16-14-8-11(17-10(2)18-14)9-15-19-12-6-4-5-7-13(12)20-15/h4-8H,3,9H2,1-2H3,(H,16,17,18). The molecule has 2 heterocycles. The lowest BCUT2D eigenvalue weighted by molar-refractivity contribution is 0.958. The Morgan fingerprint density at radius 2 is 2.00 bits per heavy atom. The molecule has 20 heavy (non-hydrogen) atoms. The summed E-state index contributed by atoms with van der Waals surface area (Å²) < 4.78 is 1.22. The van der Waals surface area contributed by atoms with Crippen LogP contribution in [0, 0.1) is 6.92 Å². The van der Waals surface area contributed by atoms with Crippen molar-refractivity contribution in [1.29, 1.82) is 0 Å². The zero-order valence-corrected chi connectivity index (χ0v) is 12.4. The molecule has 0 unspecified atom stereocenters. The average molecular weight is 284 g/mol. The molecule has 102 valence electrons. The minimum absolute atomic E-state index is 0.751. The Hall–Kier alpha value is -2.01. The van der Waals surface area contributed by atoms with Gasteiger partial charge in [-0.2, -0.15) is 0 Å². The Balaban J connectivity index is 1.90. The van der Waals surface area contributed by atoms with E-state index in [4.69, 9.17) is 0 Å². The van der Waals surface area contributed by atoms with E-state index >= 15 is 0 Å². The van der Waals surface area contributed by atoms with E-state index in [1.165, 1.54) is 4.70 Å². The van der Waals surface area contributed by atoms with E-state index in [9.17, 15) is 0 Å². The molecular formula is C15H16N4S. The van der Waals surface area contributed by atoms with Crippen LogP contribution in [0.1, 0.15) is 23.4 Å². The molecule has 0 aliphatic rings. The Bertz CT molecular complexity index is 703. The number of nitrogens with one attached hydrogen (secondary N) is 1. The second-order valence-electron chi connectivity index (χ2n) is 4.57. The van der Waals surface area contributed by atoms with Gasteiger partial charge in [0.05, 0.1) is 20.9 Å². The lowest BCUT2D eigenvalue weighted by Crippen LogP contribution is -2.04. The summed E-state index contributed by atoms with van der Waals surface area (Å²) in [6.45, 7) is 4.84. The highest BCUT2D eigenvalue weighted by Crippen LogP contribution is 2.23. The molecule has 0 radical (unpaired) electrons. The van der Waals surface area contributed by atoms with Gasteiger partial charge in [-0.15, -0.1) is 11.3 Å². The Kier molecular flexibility index (Phi) is 3.60. The minimum Gasteiger partial charge on any atom is -0.370 e. The third-order valence-electron chi connectivity index (χ3n) is 2.92. The predicted octanol–water partition coefficient (Wildman–Crippen LogP) is 3.42. The second kappa shape index (κ2) is 5.54. The Labute approximate surface area is 121 Å². The number of hydrogen-bond donors (Lipinski definition) is 1. The number of benzene rings is 1. The van der Waals surface area contributed by atoms with Crippen molar-refractivity contribution in [2.75, 3.05) is 11.9 Å². The minimum atomic E-state index is 0.751. The summed E-state index contributed by atoms with van der Waals surface area (Å²) in [6, 6.07) is 10.2. The highest BCUT2D eigenvalue weighted by atomic mass is 32.1. The number of aryl methyl sites for hydroxylation is 1. The maximum Gasteiger partial charge on any atom is 0.129 e. The van der Waals surface area contributed by atoms with Gasteiger partial charge in [-0.05, 0) is 26.0 Å². The number of anilines is 1. The molecule has 3 aromatic rings.